The van der Waals surface area contributed by atoms with Gasteiger partial charge in [-0.15, -0.1) is 0 Å². The van der Waals surface area contributed by atoms with Crippen molar-refractivity contribution in [1.29, 1.82) is 0 Å². The Morgan fingerprint density at radius 3 is 3.11 bits per heavy atom. The van der Waals surface area contributed by atoms with Crippen LogP contribution in [0.2, 0.25) is 0 Å². The predicted octanol–water partition coefficient (Wildman–Crippen LogP) is 2.80. The molecule has 1 aromatic heterocycles. The van der Waals surface area contributed by atoms with Crippen molar-refractivity contribution in [3.8, 4) is 0 Å². The van der Waals surface area contributed by atoms with Crippen molar-refractivity contribution < 1.29 is 13.9 Å². The SMILES string of the molecule is CCNC(=NCCc1c[nH]c2ccc(F)cc12)N1CCC(COCCOC)C1. The molecule has 1 aromatic carbocycles. The van der Waals surface area contributed by atoms with Gasteiger partial charge in [-0.2, -0.15) is 0 Å². The van der Waals surface area contributed by atoms with E-state index in [2.05, 4.69) is 22.1 Å². The van der Waals surface area contributed by atoms with Crippen LogP contribution >= 0.6 is 0 Å². The van der Waals surface area contributed by atoms with E-state index in [-0.39, 0.29) is 5.82 Å². The number of halogens is 1. The number of H-pyrrole nitrogens is 1. The van der Waals surface area contributed by atoms with E-state index in [0.29, 0.717) is 25.7 Å². The van der Waals surface area contributed by atoms with Gasteiger partial charge in [0.2, 0.25) is 0 Å². The molecule has 1 unspecified atom stereocenters. The van der Waals surface area contributed by atoms with Gasteiger partial charge in [0.25, 0.3) is 0 Å². The summed E-state index contributed by atoms with van der Waals surface area (Å²) in [5.74, 6) is 1.27. The molecule has 1 fully saturated rings. The Balaban J connectivity index is 1.54. The number of fused-ring (bicyclic) bond motifs is 1. The molecule has 0 saturated carbocycles. The molecule has 1 aliphatic heterocycles. The summed E-state index contributed by atoms with van der Waals surface area (Å²) < 4.78 is 24.2. The van der Waals surface area contributed by atoms with E-state index in [1.54, 1.807) is 19.2 Å². The second-order valence-corrected chi connectivity index (χ2v) is 7.16. The minimum atomic E-state index is -0.207. The lowest BCUT2D eigenvalue weighted by molar-refractivity contribution is 0.0536. The van der Waals surface area contributed by atoms with Crippen molar-refractivity contribution in [2.24, 2.45) is 10.9 Å². The molecule has 1 saturated heterocycles. The Hall–Kier alpha value is -2.12. The molecule has 28 heavy (non-hydrogen) atoms. The van der Waals surface area contributed by atoms with E-state index < -0.39 is 0 Å². The van der Waals surface area contributed by atoms with Crippen molar-refractivity contribution in [1.82, 2.24) is 15.2 Å². The number of rotatable bonds is 9. The predicted molar refractivity (Wildman–Crippen MR) is 110 cm³/mol. The third-order valence-electron chi connectivity index (χ3n) is 5.08. The number of likely N-dealkylation sites (tertiary alicyclic amines) is 1. The Kier molecular flexibility index (Phi) is 7.68. The van der Waals surface area contributed by atoms with Crippen LogP contribution in [-0.4, -0.2) is 69.0 Å². The Morgan fingerprint density at radius 2 is 2.29 bits per heavy atom. The fraction of sp³-hybridized carbons (Fsp3) is 0.571. The third-order valence-corrected chi connectivity index (χ3v) is 5.08. The Bertz CT molecular complexity index is 777. The van der Waals surface area contributed by atoms with E-state index in [4.69, 9.17) is 14.5 Å². The van der Waals surface area contributed by atoms with Gasteiger partial charge in [0.15, 0.2) is 5.96 Å². The van der Waals surface area contributed by atoms with Gasteiger partial charge in [-0.1, -0.05) is 0 Å². The summed E-state index contributed by atoms with van der Waals surface area (Å²) in [4.78, 5) is 10.3. The van der Waals surface area contributed by atoms with Crippen molar-refractivity contribution in [2.75, 3.05) is 53.1 Å². The molecule has 0 bridgehead atoms. The topological polar surface area (TPSA) is 61.9 Å². The van der Waals surface area contributed by atoms with Crippen molar-refractivity contribution in [3.05, 3.63) is 35.8 Å². The first-order chi connectivity index (χ1) is 13.7. The van der Waals surface area contributed by atoms with Crippen LogP contribution in [0, 0.1) is 11.7 Å². The highest BCUT2D eigenvalue weighted by Crippen LogP contribution is 2.20. The normalized spacial score (nSPS) is 17.6. The highest BCUT2D eigenvalue weighted by atomic mass is 19.1. The van der Waals surface area contributed by atoms with Gasteiger partial charge < -0.3 is 24.7 Å². The minimum Gasteiger partial charge on any atom is -0.382 e. The molecule has 0 radical (unpaired) electrons. The van der Waals surface area contributed by atoms with Gasteiger partial charge in [0.1, 0.15) is 5.82 Å². The lowest BCUT2D eigenvalue weighted by Gasteiger charge is -2.21. The number of methoxy groups -OCH3 is 1. The Morgan fingerprint density at radius 1 is 1.39 bits per heavy atom. The lowest BCUT2D eigenvalue weighted by atomic mass is 10.1. The van der Waals surface area contributed by atoms with Crippen LogP contribution in [0.3, 0.4) is 0 Å². The number of nitrogens with zero attached hydrogens (tertiary/aromatic N) is 2. The zero-order chi connectivity index (χ0) is 19.8. The second-order valence-electron chi connectivity index (χ2n) is 7.16. The molecule has 7 heteroatoms. The fourth-order valence-electron chi connectivity index (χ4n) is 3.62. The summed E-state index contributed by atoms with van der Waals surface area (Å²) in [6.07, 6.45) is 3.84. The van der Waals surface area contributed by atoms with E-state index in [1.165, 1.54) is 6.07 Å². The molecule has 3 rings (SSSR count). The number of aliphatic imine (C=N–C) groups is 1. The molecule has 1 atom stereocenters. The van der Waals surface area contributed by atoms with Crippen LogP contribution in [0.15, 0.2) is 29.4 Å². The molecule has 1 aliphatic rings. The van der Waals surface area contributed by atoms with Gasteiger partial charge in [0.05, 0.1) is 19.8 Å². The average molecular weight is 391 g/mol. The highest BCUT2D eigenvalue weighted by Gasteiger charge is 2.24. The first-order valence-electron chi connectivity index (χ1n) is 10.1. The van der Waals surface area contributed by atoms with Crippen LogP contribution in [0.5, 0.6) is 0 Å². The summed E-state index contributed by atoms with van der Waals surface area (Å²) in [5.41, 5.74) is 2.06. The lowest BCUT2D eigenvalue weighted by Crippen LogP contribution is -2.40. The molecular weight excluding hydrogens is 359 g/mol. The van der Waals surface area contributed by atoms with Crippen LogP contribution < -0.4 is 5.32 Å². The zero-order valence-electron chi connectivity index (χ0n) is 16.8. The summed E-state index contributed by atoms with van der Waals surface area (Å²) in [6.45, 7) is 7.57. The maximum Gasteiger partial charge on any atom is 0.193 e. The number of hydrogen-bond donors (Lipinski definition) is 2. The molecule has 2 heterocycles. The van der Waals surface area contributed by atoms with Gasteiger partial charge >= 0.3 is 0 Å². The van der Waals surface area contributed by atoms with Crippen LogP contribution in [0.4, 0.5) is 4.39 Å². The van der Waals surface area contributed by atoms with E-state index in [0.717, 1.165) is 61.5 Å². The van der Waals surface area contributed by atoms with Crippen LogP contribution in [0.25, 0.3) is 10.9 Å². The van der Waals surface area contributed by atoms with Crippen LogP contribution in [-0.2, 0) is 15.9 Å². The molecule has 154 valence electrons. The largest absolute Gasteiger partial charge is 0.382 e. The molecule has 0 aliphatic carbocycles. The number of hydrogen-bond acceptors (Lipinski definition) is 3. The zero-order valence-corrected chi connectivity index (χ0v) is 16.8. The van der Waals surface area contributed by atoms with Crippen molar-refractivity contribution in [2.45, 2.75) is 19.8 Å². The van der Waals surface area contributed by atoms with Gasteiger partial charge in [0, 0.05) is 56.3 Å². The Labute approximate surface area is 166 Å². The summed E-state index contributed by atoms with van der Waals surface area (Å²) in [6, 6.07) is 4.85. The highest BCUT2D eigenvalue weighted by molar-refractivity contribution is 5.83. The number of aromatic amines is 1. The van der Waals surface area contributed by atoms with Gasteiger partial charge in [-0.25, -0.2) is 4.39 Å². The average Bonchev–Trinajstić information content (AvgIpc) is 3.32. The minimum absolute atomic E-state index is 0.207. The molecule has 0 spiro atoms. The van der Waals surface area contributed by atoms with E-state index in [1.807, 2.05) is 6.20 Å². The van der Waals surface area contributed by atoms with E-state index >= 15 is 0 Å². The number of aromatic nitrogens is 1. The standard InChI is InChI=1S/C21H31FN4O2/c1-3-23-21(26-9-7-16(14-26)15-28-11-10-27-2)24-8-6-17-13-25-20-5-4-18(22)12-19(17)20/h4-5,12-13,16,25H,3,6-11,14-15H2,1-2H3,(H,23,24). The summed E-state index contributed by atoms with van der Waals surface area (Å²) in [5, 5.41) is 4.33. The molecule has 2 aromatic rings. The van der Waals surface area contributed by atoms with Crippen molar-refractivity contribution in [3.63, 3.8) is 0 Å². The fourth-order valence-corrected chi connectivity index (χ4v) is 3.62. The monoisotopic (exact) mass is 390 g/mol. The smallest absolute Gasteiger partial charge is 0.193 e. The number of guanidine groups is 1. The first kappa shape index (κ1) is 20.6. The summed E-state index contributed by atoms with van der Waals surface area (Å²) >= 11 is 0. The van der Waals surface area contributed by atoms with Crippen molar-refractivity contribution >= 4 is 16.9 Å². The van der Waals surface area contributed by atoms with Gasteiger partial charge in [-0.3, -0.25) is 4.99 Å². The van der Waals surface area contributed by atoms with Crippen LogP contribution in [0.1, 0.15) is 18.9 Å². The molecular formula is C21H31FN4O2. The van der Waals surface area contributed by atoms with E-state index in [9.17, 15) is 4.39 Å². The van der Waals surface area contributed by atoms with Gasteiger partial charge in [-0.05, 0) is 43.5 Å². The maximum absolute atomic E-state index is 13.5. The maximum atomic E-state index is 13.5. The number of nitrogens with one attached hydrogen (secondary N) is 2. The quantitative estimate of drug-likeness (QED) is 0.393. The third kappa shape index (κ3) is 5.45. The summed E-state index contributed by atoms with van der Waals surface area (Å²) in [7, 11) is 1.69. The number of benzene rings is 1. The molecule has 2 N–H and O–H groups in total. The second kappa shape index (κ2) is 10.4. The first-order valence-corrected chi connectivity index (χ1v) is 10.1. The number of ether oxygens (including phenoxy) is 2. The molecule has 0 amide bonds. The molecule has 6 nitrogen and oxygen atoms in total.